The van der Waals surface area contributed by atoms with Gasteiger partial charge in [-0.05, 0) is 35.1 Å². The number of hydrogen-bond acceptors (Lipinski definition) is 2. The molecule has 2 rings (SSSR count). The molecular weight excluding hydrogens is 256 g/mol. The zero-order valence-electron chi connectivity index (χ0n) is 11.7. The van der Waals surface area contributed by atoms with Crippen LogP contribution in [0.4, 0.5) is 0 Å². The van der Waals surface area contributed by atoms with Crippen molar-refractivity contribution in [2.24, 2.45) is 0 Å². The summed E-state index contributed by atoms with van der Waals surface area (Å²) in [5, 5.41) is 9.03. The van der Waals surface area contributed by atoms with E-state index in [9.17, 15) is 4.79 Å². The SMILES string of the molecule is Cc1cc(C(=O)O)sc1-c1ccc(C(C)(C)C)cc1. The van der Waals surface area contributed by atoms with Gasteiger partial charge < -0.3 is 5.11 Å². The number of benzene rings is 1. The third-order valence-corrected chi connectivity index (χ3v) is 4.42. The summed E-state index contributed by atoms with van der Waals surface area (Å²) in [5.74, 6) is -0.856. The summed E-state index contributed by atoms with van der Waals surface area (Å²) in [6.07, 6.45) is 0. The second-order valence-electron chi connectivity index (χ2n) is 5.76. The van der Waals surface area contributed by atoms with E-state index in [0.29, 0.717) is 4.88 Å². The monoisotopic (exact) mass is 274 g/mol. The molecule has 0 spiro atoms. The maximum absolute atomic E-state index is 11.0. The fourth-order valence-electron chi connectivity index (χ4n) is 2.00. The molecule has 19 heavy (non-hydrogen) atoms. The molecule has 1 aromatic heterocycles. The highest BCUT2D eigenvalue weighted by Gasteiger charge is 2.15. The van der Waals surface area contributed by atoms with Crippen molar-refractivity contribution in [2.75, 3.05) is 0 Å². The van der Waals surface area contributed by atoms with E-state index in [0.717, 1.165) is 16.0 Å². The molecule has 0 amide bonds. The van der Waals surface area contributed by atoms with Crippen LogP contribution in [0.5, 0.6) is 0 Å². The Bertz CT molecular complexity index is 601. The van der Waals surface area contributed by atoms with E-state index in [-0.39, 0.29) is 5.41 Å². The van der Waals surface area contributed by atoms with Crippen molar-refractivity contribution in [1.29, 1.82) is 0 Å². The van der Waals surface area contributed by atoms with Crippen LogP contribution in [0, 0.1) is 6.92 Å². The van der Waals surface area contributed by atoms with Crippen molar-refractivity contribution in [3.05, 3.63) is 46.3 Å². The Hall–Kier alpha value is -1.61. The van der Waals surface area contributed by atoms with Gasteiger partial charge in [-0.1, -0.05) is 45.0 Å². The summed E-state index contributed by atoms with van der Waals surface area (Å²) in [5.41, 5.74) is 3.52. The highest BCUT2D eigenvalue weighted by molar-refractivity contribution is 7.17. The van der Waals surface area contributed by atoms with Gasteiger partial charge in [-0.25, -0.2) is 4.79 Å². The summed E-state index contributed by atoms with van der Waals surface area (Å²) in [7, 11) is 0. The van der Waals surface area contributed by atoms with Crippen LogP contribution in [0.1, 0.15) is 41.6 Å². The maximum Gasteiger partial charge on any atom is 0.345 e. The lowest BCUT2D eigenvalue weighted by Gasteiger charge is -2.19. The standard InChI is InChI=1S/C16H18O2S/c1-10-9-13(15(17)18)19-14(10)11-5-7-12(8-6-11)16(2,3)4/h5-9H,1-4H3,(H,17,18). The highest BCUT2D eigenvalue weighted by atomic mass is 32.1. The molecule has 0 radical (unpaired) electrons. The van der Waals surface area contributed by atoms with Gasteiger partial charge in [0.1, 0.15) is 4.88 Å². The Balaban J connectivity index is 2.40. The maximum atomic E-state index is 11.0. The van der Waals surface area contributed by atoms with Crippen molar-refractivity contribution in [1.82, 2.24) is 0 Å². The van der Waals surface area contributed by atoms with Crippen molar-refractivity contribution in [3.8, 4) is 10.4 Å². The van der Waals surface area contributed by atoms with Crippen LogP contribution in [0.3, 0.4) is 0 Å². The van der Waals surface area contributed by atoms with Crippen molar-refractivity contribution in [3.63, 3.8) is 0 Å². The zero-order valence-corrected chi connectivity index (χ0v) is 12.5. The number of rotatable bonds is 2. The van der Waals surface area contributed by atoms with E-state index >= 15 is 0 Å². The van der Waals surface area contributed by atoms with E-state index in [1.165, 1.54) is 16.9 Å². The molecule has 1 aromatic carbocycles. The van der Waals surface area contributed by atoms with Crippen LogP contribution in [-0.2, 0) is 5.41 Å². The van der Waals surface area contributed by atoms with Crippen LogP contribution in [0.25, 0.3) is 10.4 Å². The molecule has 0 saturated heterocycles. The average molecular weight is 274 g/mol. The van der Waals surface area contributed by atoms with E-state index in [1.807, 2.05) is 6.92 Å². The van der Waals surface area contributed by atoms with E-state index in [1.54, 1.807) is 6.07 Å². The second kappa shape index (κ2) is 4.82. The predicted octanol–water partition coefficient (Wildman–Crippen LogP) is 4.72. The molecular formula is C16H18O2S. The molecule has 1 heterocycles. The first-order chi connectivity index (χ1) is 8.79. The fraction of sp³-hybridized carbons (Fsp3) is 0.312. The topological polar surface area (TPSA) is 37.3 Å². The molecule has 100 valence electrons. The van der Waals surface area contributed by atoms with Gasteiger partial charge in [0, 0.05) is 4.88 Å². The van der Waals surface area contributed by atoms with Gasteiger partial charge in [0.05, 0.1) is 0 Å². The van der Waals surface area contributed by atoms with Crippen molar-refractivity contribution in [2.45, 2.75) is 33.1 Å². The molecule has 0 aliphatic rings. The number of hydrogen-bond donors (Lipinski definition) is 1. The number of carboxylic acid groups (broad SMARTS) is 1. The Labute approximate surface area is 117 Å². The summed E-state index contributed by atoms with van der Waals surface area (Å²) in [4.78, 5) is 12.4. The Morgan fingerprint density at radius 2 is 1.74 bits per heavy atom. The lowest BCUT2D eigenvalue weighted by Crippen LogP contribution is -2.10. The molecule has 0 unspecified atom stereocenters. The summed E-state index contributed by atoms with van der Waals surface area (Å²) < 4.78 is 0. The number of carboxylic acids is 1. The Kier molecular flexibility index (Phi) is 3.50. The van der Waals surface area contributed by atoms with Gasteiger partial charge >= 0.3 is 5.97 Å². The molecule has 3 heteroatoms. The van der Waals surface area contributed by atoms with Crippen molar-refractivity contribution >= 4 is 17.3 Å². The van der Waals surface area contributed by atoms with Crippen molar-refractivity contribution < 1.29 is 9.90 Å². The highest BCUT2D eigenvalue weighted by Crippen LogP contribution is 2.33. The van der Waals surface area contributed by atoms with E-state index < -0.39 is 5.97 Å². The van der Waals surface area contributed by atoms with Crippen LogP contribution in [0.2, 0.25) is 0 Å². The first kappa shape index (κ1) is 13.8. The average Bonchev–Trinajstić information content (AvgIpc) is 2.70. The molecule has 0 aliphatic carbocycles. The van der Waals surface area contributed by atoms with E-state index in [4.69, 9.17) is 5.11 Å². The first-order valence-corrected chi connectivity index (χ1v) is 7.05. The number of carbonyl (C=O) groups is 1. The van der Waals surface area contributed by atoms with Crippen LogP contribution in [-0.4, -0.2) is 11.1 Å². The van der Waals surface area contributed by atoms with Gasteiger partial charge in [-0.3, -0.25) is 0 Å². The van der Waals surface area contributed by atoms with Crippen LogP contribution in [0.15, 0.2) is 30.3 Å². The summed E-state index contributed by atoms with van der Waals surface area (Å²) in [6, 6.07) is 10.1. The van der Waals surface area contributed by atoms with Gasteiger partial charge in [0.15, 0.2) is 0 Å². The Morgan fingerprint density at radius 3 is 2.16 bits per heavy atom. The Morgan fingerprint density at radius 1 is 1.16 bits per heavy atom. The fourth-order valence-corrected chi connectivity index (χ4v) is 3.01. The first-order valence-electron chi connectivity index (χ1n) is 6.23. The molecule has 0 aliphatic heterocycles. The quantitative estimate of drug-likeness (QED) is 0.860. The largest absolute Gasteiger partial charge is 0.477 e. The normalized spacial score (nSPS) is 11.6. The minimum Gasteiger partial charge on any atom is -0.477 e. The number of aromatic carboxylic acids is 1. The van der Waals surface area contributed by atoms with Gasteiger partial charge in [0.25, 0.3) is 0 Å². The third kappa shape index (κ3) is 2.87. The third-order valence-electron chi connectivity index (χ3n) is 3.14. The lowest BCUT2D eigenvalue weighted by molar-refractivity contribution is 0.0702. The number of thiophene rings is 1. The second-order valence-corrected chi connectivity index (χ2v) is 6.81. The summed E-state index contributed by atoms with van der Waals surface area (Å²) >= 11 is 1.33. The minimum absolute atomic E-state index is 0.134. The number of aryl methyl sites for hydroxylation is 1. The molecule has 0 fully saturated rings. The molecule has 2 aromatic rings. The molecule has 0 bridgehead atoms. The van der Waals surface area contributed by atoms with E-state index in [2.05, 4.69) is 45.0 Å². The molecule has 0 saturated carbocycles. The smallest absolute Gasteiger partial charge is 0.345 e. The summed E-state index contributed by atoms with van der Waals surface area (Å²) in [6.45, 7) is 8.50. The van der Waals surface area contributed by atoms with Gasteiger partial charge in [-0.15, -0.1) is 11.3 Å². The predicted molar refractivity (Wildman–Crippen MR) is 80.2 cm³/mol. The van der Waals surface area contributed by atoms with Crippen LogP contribution >= 0.6 is 11.3 Å². The zero-order chi connectivity index (χ0) is 14.2. The molecule has 2 nitrogen and oxygen atoms in total. The molecule has 1 N–H and O–H groups in total. The van der Waals surface area contributed by atoms with Gasteiger partial charge in [-0.2, -0.15) is 0 Å². The van der Waals surface area contributed by atoms with Gasteiger partial charge in [0.2, 0.25) is 0 Å². The minimum atomic E-state index is -0.856. The molecule has 0 atom stereocenters. The van der Waals surface area contributed by atoms with Crippen LogP contribution < -0.4 is 0 Å². The lowest BCUT2D eigenvalue weighted by atomic mass is 9.86.